The number of carbonyl (C=O) groups excluding carboxylic acids is 1. The van der Waals surface area contributed by atoms with Crippen molar-refractivity contribution < 1.29 is 17.7 Å². The molecule has 130 valence electrons. The van der Waals surface area contributed by atoms with Crippen LogP contribution in [0.1, 0.15) is 21.8 Å². The second kappa shape index (κ2) is 6.66. The first-order valence-corrected chi connectivity index (χ1v) is 9.09. The minimum Gasteiger partial charge on any atom is -0.361 e. The molecule has 0 bridgehead atoms. The molecule has 2 aromatic rings. The highest BCUT2D eigenvalue weighted by Crippen LogP contribution is 2.19. The number of aromatic nitrogens is 1. The first-order chi connectivity index (χ1) is 11.9. The van der Waals surface area contributed by atoms with Crippen LogP contribution in [0.5, 0.6) is 0 Å². The molecule has 9 heteroatoms. The third-order valence-corrected chi connectivity index (χ3v) is 5.91. The van der Waals surface area contributed by atoms with Gasteiger partial charge in [-0.25, -0.2) is 8.42 Å². The van der Waals surface area contributed by atoms with E-state index >= 15 is 0 Å². The lowest BCUT2D eigenvalue weighted by Gasteiger charge is -2.33. The van der Waals surface area contributed by atoms with Crippen LogP contribution >= 0.6 is 0 Å². The summed E-state index contributed by atoms with van der Waals surface area (Å²) in [6, 6.07) is 9.30. The number of nitrogens with zero attached hydrogens (tertiary/aromatic N) is 4. The van der Waals surface area contributed by atoms with Gasteiger partial charge in [0.25, 0.3) is 5.91 Å². The van der Waals surface area contributed by atoms with Gasteiger partial charge < -0.3 is 9.42 Å². The molecule has 1 aliphatic rings. The lowest BCUT2D eigenvalue weighted by atomic mass is 10.2. The standard InChI is InChI=1S/C16H16N4O4S/c1-12-10-15(18-24-12)16(21)19-6-8-20(9-7-19)25(22,23)14-4-2-13(11-17)3-5-14/h2-5,10H,6-9H2,1H3. The number of nitriles is 1. The fourth-order valence-corrected chi connectivity index (χ4v) is 4.03. The summed E-state index contributed by atoms with van der Waals surface area (Å²) in [5.74, 6) is 0.276. The third-order valence-electron chi connectivity index (χ3n) is 3.99. The van der Waals surface area contributed by atoms with Gasteiger partial charge in [0.05, 0.1) is 16.5 Å². The van der Waals surface area contributed by atoms with Gasteiger partial charge in [-0.05, 0) is 31.2 Å². The van der Waals surface area contributed by atoms with Gasteiger partial charge in [0.1, 0.15) is 5.76 Å². The second-order valence-electron chi connectivity index (χ2n) is 5.66. The Kier molecular flexibility index (Phi) is 4.57. The summed E-state index contributed by atoms with van der Waals surface area (Å²) in [4.78, 5) is 14.0. The average molecular weight is 360 g/mol. The summed E-state index contributed by atoms with van der Waals surface area (Å²) in [7, 11) is -3.64. The van der Waals surface area contributed by atoms with Crippen molar-refractivity contribution in [2.24, 2.45) is 0 Å². The molecule has 0 unspecified atom stereocenters. The zero-order chi connectivity index (χ0) is 18.0. The molecule has 0 spiro atoms. The van der Waals surface area contributed by atoms with Crippen LogP contribution in [-0.2, 0) is 10.0 Å². The van der Waals surface area contributed by atoms with E-state index in [0.29, 0.717) is 11.3 Å². The maximum atomic E-state index is 12.6. The van der Waals surface area contributed by atoms with Crippen molar-refractivity contribution in [1.29, 1.82) is 5.26 Å². The van der Waals surface area contributed by atoms with Crippen LogP contribution in [0.25, 0.3) is 0 Å². The topological polar surface area (TPSA) is 108 Å². The van der Waals surface area contributed by atoms with Gasteiger partial charge in [-0.3, -0.25) is 4.79 Å². The molecule has 0 radical (unpaired) electrons. The van der Waals surface area contributed by atoms with Crippen LogP contribution in [0.3, 0.4) is 0 Å². The second-order valence-corrected chi connectivity index (χ2v) is 7.59. The minimum absolute atomic E-state index is 0.137. The highest BCUT2D eigenvalue weighted by atomic mass is 32.2. The number of hydrogen-bond acceptors (Lipinski definition) is 6. The van der Waals surface area contributed by atoms with Crippen LogP contribution in [-0.4, -0.2) is 54.9 Å². The normalized spacial score (nSPS) is 15.8. The zero-order valence-electron chi connectivity index (χ0n) is 13.5. The van der Waals surface area contributed by atoms with Gasteiger partial charge in [0.2, 0.25) is 10.0 Å². The number of hydrogen-bond donors (Lipinski definition) is 0. The Hall–Kier alpha value is -2.70. The molecule has 0 atom stereocenters. The fraction of sp³-hybridized carbons (Fsp3) is 0.312. The van der Waals surface area contributed by atoms with Crippen LogP contribution in [0.2, 0.25) is 0 Å². The van der Waals surface area contributed by atoms with Crippen molar-refractivity contribution in [3.8, 4) is 6.07 Å². The zero-order valence-corrected chi connectivity index (χ0v) is 14.4. The average Bonchev–Trinajstić information content (AvgIpc) is 3.07. The number of piperazine rings is 1. The molecule has 25 heavy (non-hydrogen) atoms. The van der Waals surface area contributed by atoms with E-state index < -0.39 is 10.0 Å². The Morgan fingerprint density at radius 3 is 2.36 bits per heavy atom. The SMILES string of the molecule is Cc1cc(C(=O)N2CCN(S(=O)(=O)c3ccc(C#N)cc3)CC2)no1. The summed E-state index contributed by atoms with van der Waals surface area (Å²) in [6.45, 7) is 2.65. The fourth-order valence-electron chi connectivity index (χ4n) is 2.61. The van der Waals surface area contributed by atoms with E-state index in [-0.39, 0.29) is 42.7 Å². The molecule has 1 fully saturated rings. The Bertz CT molecular complexity index is 920. The molecule has 2 heterocycles. The Morgan fingerprint density at radius 1 is 1.20 bits per heavy atom. The van der Waals surface area contributed by atoms with Crippen molar-refractivity contribution in [2.75, 3.05) is 26.2 Å². The predicted molar refractivity (Wildman–Crippen MR) is 87.1 cm³/mol. The molecule has 1 aromatic carbocycles. The van der Waals surface area contributed by atoms with Crippen LogP contribution in [0.15, 0.2) is 39.8 Å². The first-order valence-electron chi connectivity index (χ1n) is 7.65. The molecule has 0 N–H and O–H groups in total. The number of aryl methyl sites for hydroxylation is 1. The van der Waals surface area contributed by atoms with Gasteiger partial charge in [-0.1, -0.05) is 5.16 Å². The number of sulfonamides is 1. The van der Waals surface area contributed by atoms with E-state index in [1.54, 1.807) is 17.9 Å². The van der Waals surface area contributed by atoms with Crippen molar-refractivity contribution in [3.05, 3.63) is 47.3 Å². The third kappa shape index (κ3) is 3.40. The Morgan fingerprint density at radius 2 is 1.84 bits per heavy atom. The Balaban J connectivity index is 1.68. The molecule has 1 aliphatic heterocycles. The number of carbonyl (C=O) groups is 1. The highest BCUT2D eigenvalue weighted by molar-refractivity contribution is 7.89. The van der Waals surface area contributed by atoms with Crippen molar-refractivity contribution in [1.82, 2.24) is 14.4 Å². The van der Waals surface area contributed by atoms with Crippen LogP contribution < -0.4 is 0 Å². The molecule has 1 amide bonds. The molecule has 3 rings (SSSR count). The van der Waals surface area contributed by atoms with E-state index in [0.717, 1.165) is 0 Å². The van der Waals surface area contributed by atoms with Gasteiger partial charge in [-0.15, -0.1) is 0 Å². The molecule has 0 saturated carbocycles. The molecular formula is C16H16N4O4S. The largest absolute Gasteiger partial charge is 0.361 e. The quantitative estimate of drug-likeness (QED) is 0.808. The summed E-state index contributed by atoms with van der Waals surface area (Å²) < 4.78 is 31.5. The smallest absolute Gasteiger partial charge is 0.276 e. The summed E-state index contributed by atoms with van der Waals surface area (Å²) in [5.41, 5.74) is 0.623. The van der Waals surface area contributed by atoms with Crippen molar-refractivity contribution >= 4 is 15.9 Å². The number of benzene rings is 1. The summed E-state index contributed by atoms with van der Waals surface area (Å²) >= 11 is 0. The lowest BCUT2D eigenvalue weighted by Crippen LogP contribution is -2.50. The van der Waals surface area contributed by atoms with E-state index in [1.165, 1.54) is 28.6 Å². The van der Waals surface area contributed by atoms with Crippen LogP contribution in [0.4, 0.5) is 0 Å². The van der Waals surface area contributed by atoms with E-state index in [2.05, 4.69) is 5.16 Å². The van der Waals surface area contributed by atoms with Gasteiger partial charge in [0, 0.05) is 32.2 Å². The van der Waals surface area contributed by atoms with E-state index in [9.17, 15) is 13.2 Å². The minimum atomic E-state index is -3.64. The maximum absolute atomic E-state index is 12.6. The Labute approximate surface area is 145 Å². The first kappa shape index (κ1) is 17.1. The highest BCUT2D eigenvalue weighted by Gasteiger charge is 2.31. The van der Waals surface area contributed by atoms with Crippen molar-refractivity contribution in [3.63, 3.8) is 0 Å². The number of amides is 1. The monoisotopic (exact) mass is 360 g/mol. The predicted octanol–water partition coefficient (Wildman–Crippen LogP) is 1.00. The van der Waals surface area contributed by atoms with Gasteiger partial charge >= 0.3 is 0 Å². The van der Waals surface area contributed by atoms with E-state index in [4.69, 9.17) is 9.78 Å². The van der Waals surface area contributed by atoms with E-state index in [1.807, 2.05) is 6.07 Å². The molecule has 0 aliphatic carbocycles. The van der Waals surface area contributed by atoms with Gasteiger partial charge in [-0.2, -0.15) is 9.57 Å². The number of rotatable bonds is 3. The van der Waals surface area contributed by atoms with Gasteiger partial charge in [0.15, 0.2) is 5.69 Å². The molecular weight excluding hydrogens is 344 g/mol. The molecule has 1 saturated heterocycles. The van der Waals surface area contributed by atoms with Crippen LogP contribution in [0, 0.1) is 18.3 Å². The summed E-state index contributed by atoms with van der Waals surface area (Å²) in [6.07, 6.45) is 0. The molecule has 8 nitrogen and oxygen atoms in total. The lowest BCUT2D eigenvalue weighted by molar-refractivity contribution is 0.0687. The van der Waals surface area contributed by atoms with Crippen molar-refractivity contribution in [2.45, 2.75) is 11.8 Å². The summed E-state index contributed by atoms with van der Waals surface area (Å²) in [5, 5.41) is 12.5. The molecule has 1 aromatic heterocycles. The maximum Gasteiger partial charge on any atom is 0.276 e.